The summed E-state index contributed by atoms with van der Waals surface area (Å²) < 4.78 is 27.5. The van der Waals surface area contributed by atoms with Crippen LogP contribution in [0.3, 0.4) is 0 Å². The molecule has 0 aliphatic rings. The molecule has 0 bridgehead atoms. The van der Waals surface area contributed by atoms with Crippen LogP contribution in [-0.2, 0) is 6.42 Å². The van der Waals surface area contributed by atoms with Crippen molar-refractivity contribution in [1.82, 2.24) is 0 Å². The van der Waals surface area contributed by atoms with Gasteiger partial charge in [0.1, 0.15) is 11.6 Å². The quantitative estimate of drug-likeness (QED) is 0.846. The van der Waals surface area contributed by atoms with Crippen molar-refractivity contribution in [3.8, 4) is 0 Å². The third kappa shape index (κ3) is 2.91. The molecule has 6 heteroatoms. The Bertz CT molecular complexity index is 533. The monoisotopic (exact) mass is 352 g/mol. The summed E-state index contributed by atoms with van der Waals surface area (Å²) in [5.74, 6) is -1.31. The summed E-state index contributed by atoms with van der Waals surface area (Å²) in [6.45, 7) is 0. The molecule has 2 aromatic rings. The first-order valence-electron chi connectivity index (χ1n) is 5.04. The highest BCUT2D eigenvalue weighted by atomic mass is 79.9. The van der Waals surface area contributed by atoms with Crippen molar-refractivity contribution in [2.24, 2.45) is 0 Å². The van der Waals surface area contributed by atoms with E-state index in [2.05, 4.69) is 15.9 Å². The van der Waals surface area contributed by atoms with Crippen LogP contribution in [0.4, 0.5) is 8.78 Å². The average Bonchev–Trinajstić information content (AvgIpc) is 2.64. The van der Waals surface area contributed by atoms with Gasteiger partial charge in [0.05, 0.1) is 14.9 Å². The largest absolute Gasteiger partial charge is 0.387 e. The van der Waals surface area contributed by atoms with Crippen LogP contribution < -0.4 is 0 Å². The van der Waals surface area contributed by atoms with Crippen molar-refractivity contribution in [3.05, 3.63) is 55.1 Å². The summed E-state index contributed by atoms with van der Waals surface area (Å²) in [6, 6.07) is 5.21. The van der Waals surface area contributed by atoms with Gasteiger partial charge in [-0.1, -0.05) is 17.7 Å². The van der Waals surface area contributed by atoms with Crippen LogP contribution in [0.5, 0.6) is 0 Å². The number of thiophene rings is 1. The van der Waals surface area contributed by atoms with Gasteiger partial charge in [-0.2, -0.15) is 0 Å². The van der Waals surface area contributed by atoms with E-state index in [1.807, 2.05) is 0 Å². The fourth-order valence-electron chi connectivity index (χ4n) is 1.55. The molecular weight excluding hydrogens is 346 g/mol. The van der Waals surface area contributed by atoms with E-state index in [0.29, 0.717) is 13.7 Å². The molecule has 1 unspecified atom stereocenters. The van der Waals surface area contributed by atoms with E-state index >= 15 is 0 Å². The molecule has 2 rings (SSSR count). The topological polar surface area (TPSA) is 20.2 Å². The first-order valence-corrected chi connectivity index (χ1v) is 7.03. The van der Waals surface area contributed by atoms with Gasteiger partial charge in [-0.25, -0.2) is 8.78 Å². The maximum atomic E-state index is 13.4. The zero-order valence-corrected chi connectivity index (χ0v) is 12.1. The number of rotatable bonds is 3. The average molecular weight is 354 g/mol. The van der Waals surface area contributed by atoms with Gasteiger partial charge in [-0.15, -0.1) is 11.3 Å². The molecule has 0 aliphatic heterocycles. The van der Waals surface area contributed by atoms with E-state index in [9.17, 15) is 13.9 Å². The van der Waals surface area contributed by atoms with E-state index in [4.69, 9.17) is 11.6 Å². The molecule has 0 radical (unpaired) electrons. The van der Waals surface area contributed by atoms with Crippen LogP contribution >= 0.6 is 38.9 Å². The third-order valence-electron chi connectivity index (χ3n) is 2.45. The molecule has 0 aliphatic carbocycles. The maximum Gasteiger partial charge on any atom is 0.129 e. The second-order valence-electron chi connectivity index (χ2n) is 3.69. The van der Waals surface area contributed by atoms with Crippen molar-refractivity contribution in [3.63, 3.8) is 0 Å². The van der Waals surface area contributed by atoms with Crippen molar-refractivity contribution < 1.29 is 13.9 Å². The second kappa shape index (κ2) is 5.65. The highest BCUT2D eigenvalue weighted by molar-refractivity contribution is 9.11. The molecule has 0 fully saturated rings. The minimum atomic E-state index is -0.981. The van der Waals surface area contributed by atoms with Crippen molar-refractivity contribution >= 4 is 38.9 Å². The SMILES string of the molecule is OC(Cc1c(F)cccc1F)c1cc(Cl)c(Br)s1. The van der Waals surface area contributed by atoms with Gasteiger partial charge in [0.25, 0.3) is 0 Å². The Hall–Kier alpha value is -0.490. The summed E-state index contributed by atoms with van der Waals surface area (Å²) >= 11 is 10.3. The lowest BCUT2D eigenvalue weighted by molar-refractivity contribution is 0.179. The highest BCUT2D eigenvalue weighted by Crippen LogP contribution is 2.36. The molecule has 1 aromatic heterocycles. The maximum absolute atomic E-state index is 13.4. The van der Waals surface area contributed by atoms with Crippen LogP contribution in [0.15, 0.2) is 28.1 Å². The van der Waals surface area contributed by atoms with Gasteiger partial charge in [0.15, 0.2) is 0 Å². The summed E-state index contributed by atoms with van der Waals surface area (Å²) in [5.41, 5.74) is -0.120. The zero-order chi connectivity index (χ0) is 13.3. The molecule has 18 heavy (non-hydrogen) atoms. The number of benzene rings is 1. The minimum absolute atomic E-state index is 0.120. The summed E-state index contributed by atoms with van der Waals surface area (Å²) in [6.07, 6.45) is -1.10. The molecular formula is C12H8BrClF2OS. The lowest BCUT2D eigenvalue weighted by Crippen LogP contribution is -2.04. The molecule has 1 atom stereocenters. The summed E-state index contributed by atoms with van der Waals surface area (Å²) in [7, 11) is 0. The Morgan fingerprint density at radius 2 is 1.94 bits per heavy atom. The van der Waals surface area contributed by atoms with Gasteiger partial charge in [-0.05, 0) is 34.1 Å². The van der Waals surface area contributed by atoms with E-state index in [0.717, 1.165) is 0 Å². The van der Waals surface area contributed by atoms with Gasteiger partial charge < -0.3 is 5.11 Å². The van der Waals surface area contributed by atoms with Crippen LogP contribution in [0.25, 0.3) is 0 Å². The van der Waals surface area contributed by atoms with Crippen molar-refractivity contribution in [2.75, 3.05) is 0 Å². The van der Waals surface area contributed by atoms with E-state index in [1.165, 1.54) is 29.5 Å². The van der Waals surface area contributed by atoms with Gasteiger partial charge in [0.2, 0.25) is 0 Å². The van der Waals surface area contributed by atoms with E-state index in [-0.39, 0.29) is 12.0 Å². The number of hydrogen-bond donors (Lipinski definition) is 1. The molecule has 0 saturated heterocycles. The van der Waals surface area contributed by atoms with Crippen LogP contribution in [-0.4, -0.2) is 5.11 Å². The lowest BCUT2D eigenvalue weighted by atomic mass is 10.1. The third-order valence-corrected chi connectivity index (χ3v) is 5.03. The fourth-order valence-corrected chi connectivity index (χ4v) is 3.28. The molecule has 1 N–H and O–H groups in total. The number of aliphatic hydroxyl groups excluding tert-OH is 1. The Morgan fingerprint density at radius 1 is 1.33 bits per heavy atom. The molecule has 1 heterocycles. The Morgan fingerprint density at radius 3 is 2.44 bits per heavy atom. The van der Waals surface area contributed by atoms with Gasteiger partial charge in [0, 0.05) is 16.9 Å². The Labute approximate surface area is 120 Å². The Balaban J connectivity index is 2.23. The lowest BCUT2D eigenvalue weighted by Gasteiger charge is -2.10. The predicted molar refractivity (Wildman–Crippen MR) is 72.1 cm³/mol. The molecule has 0 amide bonds. The first kappa shape index (κ1) is 13.9. The predicted octanol–water partition coefficient (Wildman–Crippen LogP) is 4.72. The summed E-state index contributed by atoms with van der Waals surface area (Å²) in [5, 5.41) is 10.4. The molecule has 0 saturated carbocycles. The first-order chi connectivity index (χ1) is 8.49. The number of aliphatic hydroxyl groups is 1. The van der Waals surface area contributed by atoms with Crippen molar-refractivity contribution in [1.29, 1.82) is 0 Å². The van der Waals surface area contributed by atoms with Crippen LogP contribution in [0, 0.1) is 11.6 Å². The molecule has 96 valence electrons. The smallest absolute Gasteiger partial charge is 0.129 e. The standard InChI is InChI=1S/C12H8BrClF2OS/c13-12-7(14)5-11(18-12)10(17)4-6-8(15)2-1-3-9(6)16/h1-3,5,10,17H,4H2. The molecule has 0 spiro atoms. The second-order valence-corrected chi connectivity index (χ2v) is 6.50. The van der Waals surface area contributed by atoms with Gasteiger partial charge in [-0.3, -0.25) is 0 Å². The number of hydrogen-bond acceptors (Lipinski definition) is 2. The molecule has 1 aromatic carbocycles. The van der Waals surface area contributed by atoms with Crippen molar-refractivity contribution in [2.45, 2.75) is 12.5 Å². The normalized spacial score (nSPS) is 12.7. The molecule has 1 nitrogen and oxygen atoms in total. The highest BCUT2D eigenvalue weighted by Gasteiger charge is 2.18. The Kier molecular flexibility index (Phi) is 4.37. The fraction of sp³-hybridized carbons (Fsp3) is 0.167. The van der Waals surface area contributed by atoms with E-state index < -0.39 is 17.7 Å². The van der Waals surface area contributed by atoms with E-state index in [1.54, 1.807) is 6.07 Å². The zero-order valence-electron chi connectivity index (χ0n) is 8.96. The summed E-state index contributed by atoms with van der Waals surface area (Å²) in [4.78, 5) is 0.564. The number of halogens is 4. The van der Waals surface area contributed by atoms with Crippen LogP contribution in [0.2, 0.25) is 5.02 Å². The minimum Gasteiger partial charge on any atom is -0.387 e. The van der Waals surface area contributed by atoms with Gasteiger partial charge >= 0.3 is 0 Å². The van der Waals surface area contributed by atoms with Crippen LogP contribution in [0.1, 0.15) is 16.5 Å².